The molecule has 1 fully saturated rings. The first-order chi connectivity index (χ1) is 20.2. The van der Waals surface area contributed by atoms with E-state index < -0.39 is 21.5 Å². The van der Waals surface area contributed by atoms with Gasteiger partial charge < -0.3 is 24.0 Å². The van der Waals surface area contributed by atoms with Crippen LogP contribution >= 0.6 is 34.8 Å². The maximum Gasteiger partial charge on any atom is 0.413 e. The number of carbonyl (C=O) groups excluding carboxylic acids is 3. The third kappa shape index (κ3) is 10.6. The molecule has 2 amide bonds. The highest BCUT2D eigenvalue weighted by molar-refractivity contribution is 6.68. The van der Waals surface area contributed by atoms with Gasteiger partial charge in [-0.2, -0.15) is 0 Å². The molecule has 1 aromatic carbocycles. The number of ether oxygens (including phenoxy) is 3. The second kappa shape index (κ2) is 15.5. The van der Waals surface area contributed by atoms with E-state index >= 15 is 0 Å². The number of aliphatic imine (C=N–C) groups is 1. The number of alkyl carbamates (subject to hydrolysis) is 1. The maximum absolute atomic E-state index is 12.9. The highest BCUT2D eigenvalue weighted by Gasteiger charge is 2.44. The van der Waals surface area contributed by atoms with Gasteiger partial charge in [-0.15, -0.1) is 0 Å². The van der Waals surface area contributed by atoms with Crippen LogP contribution in [0.4, 0.5) is 10.5 Å². The standard InChI is InChI=1S/C30H43Cl3N4O6/c1-20(2)19-42-28(40)35-27-34-24-14-13-23(41-15-9-12-25(38)36(5)22-10-7-6-8-11-22)16-21(24)17-37(27)18-26(39)43-29(3,4)30(31,32)33/h13-14,16,20,22H,6-12,15,17-19H2,1-5H3,(H,34,35,40). The fraction of sp³-hybridized carbons (Fsp3) is 0.667. The van der Waals surface area contributed by atoms with Gasteiger partial charge >= 0.3 is 12.1 Å². The van der Waals surface area contributed by atoms with Crippen LogP contribution in [-0.2, 0) is 25.6 Å². The van der Waals surface area contributed by atoms with Crippen LogP contribution < -0.4 is 10.1 Å². The Balaban J connectivity index is 1.65. The number of nitrogens with one attached hydrogen (secondary N) is 1. The zero-order chi connectivity index (χ0) is 31.8. The zero-order valence-corrected chi connectivity index (χ0v) is 27.9. The summed E-state index contributed by atoms with van der Waals surface area (Å²) in [5.41, 5.74) is -0.0427. The Labute approximate surface area is 269 Å². The van der Waals surface area contributed by atoms with E-state index in [1.807, 2.05) is 31.9 Å². The lowest BCUT2D eigenvalue weighted by atomic mass is 9.94. The number of hydrogen-bond donors (Lipinski definition) is 1. The second-order valence-electron chi connectivity index (χ2n) is 11.9. The molecule has 2 aliphatic rings. The minimum absolute atomic E-state index is 0.124. The van der Waals surface area contributed by atoms with Crippen molar-refractivity contribution in [3.05, 3.63) is 23.8 Å². The molecule has 0 bridgehead atoms. The Morgan fingerprint density at radius 1 is 1.14 bits per heavy atom. The molecular formula is C30H43Cl3N4O6. The SMILES string of the molecule is CC(C)COC(=O)NC1=Nc2ccc(OCCCC(=O)N(C)C3CCCCC3)cc2CN1CC(=O)OC(C)(C)C(Cl)(Cl)Cl. The van der Waals surface area contributed by atoms with E-state index in [4.69, 9.17) is 49.0 Å². The number of carbonyl (C=O) groups is 3. The van der Waals surface area contributed by atoms with Crippen LogP contribution in [0.3, 0.4) is 0 Å². The number of alkyl halides is 3. The van der Waals surface area contributed by atoms with Gasteiger partial charge in [-0.25, -0.2) is 9.79 Å². The number of hydrogen-bond acceptors (Lipinski definition) is 8. The molecule has 0 aromatic heterocycles. The lowest BCUT2D eigenvalue weighted by Gasteiger charge is -2.34. The van der Waals surface area contributed by atoms with Crippen LogP contribution in [0.1, 0.15) is 78.2 Å². The van der Waals surface area contributed by atoms with Crippen molar-refractivity contribution >= 4 is 64.4 Å². The van der Waals surface area contributed by atoms with Gasteiger partial charge in [-0.3, -0.25) is 14.9 Å². The molecule has 0 spiro atoms. The van der Waals surface area contributed by atoms with Crippen molar-refractivity contribution in [2.75, 3.05) is 26.8 Å². The molecule has 0 atom stereocenters. The molecule has 10 nitrogen and oxygen atoms in total. The molecule has 1 heterocycles. The highest BCUT2D eigenvalue weighted by Crippen LogP contribution is 2.40. The zero-order valence-electron chi connectivity index (χ0n) is 25.6. The highest BCUT2D eigenvalue weighted by atomic mass is 35.6. The van der Waals surface area contributed by atoms with E-state index in [0.29, 0.717) is 36.9 Å². The number of benzene rings is 1. The smallest absolute Gasteiger partial charge is 0.413 e. The monoisotopic (exact) mass is 660 g/mol. The van der Waals surface area contributed by atoms with Crippen LogP contribution in [-0.4, -0.2) is 76.0 Å². The average Bonchev–Trinajstić information content (AvgIpc) is 2.93. The summed E-state index contributed by atoms with van der Waals surface area (Å²) in [4.78, 5) is 46.0. The molecule has 1 N–H and O–H groups in total. The summed E-state index contributed by atoms with van der Waals surface area (Å²) >= 11 is 17.9. The first kappa shape index (κ1) is 35.1. The van der Waals surface area contributed by atoms with E-state index in [0.717, 1.165) is 18.4 Å². The number of fused-ring (bicyclic) bond motifs is 1. The summed E-state index contributed by atoms with van der Waals surface area (Å²) in [7, 11) is 1.90. The Morgan fingerprint density at radius 2 is 1.84 bits per heavy atom. The van der Waals surface area contributed by atoms with Crippen molar-refractivity contribution in [2.24, 2.45) is 10.9 Å². The summed E-state index contributed by atoms with van der Waals surface area (Å²) in [5, 5.41) is 2.63. The van der Waals surface area contributed by atoms with Crippen LogP contribution in [0.2, 0.25) is 0 Å². The molecule has 13 heteroatoms. The molecule has 1 aliphatic heterocycles. The first-order valence-electron chi connectivity index (χ1n) is 14.7. The second-order valence-corrected chi connectivity index (χ2v) is 14.2. The lowest BCUT2D eigenvalue weighted by molar-refractivity contribution is -0.156. The van der Waals surface area contributed by atoms with Gasteiger partial charge in [0, 0.05) is 31.6 Å². The number of guanidine groups is 1. The van der Waals surface area contributed by atoms with Crippen LogP contribution in [0.15, 0.2) is 23.2 Å². The predicted octanol–water partition coefficient (Wildman–Crippen LogP) is 6.51. The Kier molecular flexibility index (Phi) is 12.7. The molecule has 1 aliphatic carbocycles. The summed E-state index contributed by atoms with van der Waals surface area (Å²) < 4.78 is 14.8. The van der Waals surface area contributed by atoms with E-state index in [1.165, 1.54) is 33.1 Å². The molecular weight excluding hydrogens is 619 g/mol. The number of nitrogens with zero attached hydrogens (tertiary/aromatic N) is 3. The van der Waals surface area contributed by atoms with Crippen molar-refractivity contribution in [3.8, 4) is 5.75 Å². The minimum atomic E-state index is -1.85. The predicted molar refractivity (Wildman–Crippen MR) is 168 cm³/mol. The maximum atomic E-state index is 12.9. The quantitative estimate of drug-likeness (QED) is 0.164. The van der Waals surface area contributed by atoms with Crippen molar-refractivity contribution in [1.82, 2.24) is 15.1 Å². The first-order valence-corrected chi connectivity index (χ1v) is 15.9. The molecule has 0 unspecified atom stereocenters. The number of esters is 1. The molecule has 3 rings (SSSR count). The van der Waals surface area contributed by atoms with E-state index in [1.54, 1.807) is 17.0 Å². The fourth-order valence-corrected chi connectivity index (χ4v) is 4.87. The lowest BCUT2D eigenvalue weighted by Crippen LogP contribution is -2.49. The number of halogens is 3. The van der Waals surface area contributed by atoms with Gasteiger partial charge in [0.05, 0.1) is 18.9 Å². The number of amides is 2. The van der Waals surface area contributed by atoms with Crippen molar-refractivity contribution in [2.45, 2.75) is 94.6 Å². The normalized spacial score (nSPS) is 15.8. The largest absolute Gasteiger partial charge is 0.494 e. The van der Waals surface area contributed by atoms with Gasteiger partial charge in [-0.1, -0.05) is 67.9 Å². The fourth-order valence-electron chi connectivity index (χ4n) is 4.75. The molecule has 1 saturated carbocycles. The number of rotatable bonds is 11. The minimum Gasteiger partial charge on any atom is -0.494 e. The van der Waals surface area contributed by atoms with Crippen molar-refractivity contribution in [3.63, 3.8) is 0 Å². The third-order valence-corrected chi connectivity index (χ3v) is 8.76. The Morgan fingerprint density at radius 3 is 2.49 bits per heavy atom. The van der Waals surface area contributed by atoms with Crippen molar-refractivity contribution in [1.29, 1.82) is 0 Å². The van der Waals surface area contributed by atoms with Gasteiger partial charge in [0.25, 0.3) is 0 Å². The topological polar surface area (TPSA) is 110 Å². The summed E-state index contributed by atoms with van der Waals surface area (Å²) in [6, 6.07) is 5.72. The van der Waals surface area contributed by atoms with E-state index in [2.05, 4.69) is 10.3 Å². The van der Waals surface area contributed by atoms with Gasteiger partial charge in [0.2, 0.25) is 15.7 Å². The van der Waals surface area contributed by atoms with Crippen LogP contribution in [0.5, 0.6) is 5.75 Å². The third-order valence-electron chi connectivity index (χ3n) is 7.39. The van der Waals surface area contributed by atoms with Crippen LogP contribution in [0, 0.1) is 5.92 Å². The van der Waals surface area contributed by atoms with E-state index in [-0.39, 0.29) is 37.5 Å². The molecule has 0 saturated heterocycles. The van der Waals surface area contributed by atoms with Gasteiger partial charge in [0.15, 0.2) is 5.60 Å². The molecule has 0 radical (unpaired) electrons. The van der Waals surface area contributed by atoms with Crippen molar-refractivity contribution < 1.29 is 28.6 Å². The molecule has 43 heavy (non-hydrogen) atoms. The summed E-state index contributed by atoms with van der Waals surface area (Å²) in [5.74, 6) is 0.334. The van der Waals surface area contributed by atoms with Gasteiger partial charge in [-0.05, 0) is 57.2 Å². The summed E-state index contributed by atoms with van der Waals surface area (Å²) in [6.07, 6.45) is 6.08. The molecule has 1 aromatic rings. The Bertz CT molecular complexity index is 1170. The average molecular weight is 662 g/mol. The van der Waals surface area contributed by atoms with Crippen LogP contribution in [0.25, 0.3) is 0 Å². The van der Waals surface area contributed by atoms with Gasteiger partial charge in [0.1, 0.15) is 12.3 Å². The van der Waals surface area contributed by atoms with E-state index in [9.17, 15) is 14.4 Å². The molecule has 240 valence electrons. The summed E-state index contributed by atoms with van der Waals surface area (Å²) in [6.45, 7) is 7.35. The Hall–Kier alpha value is -2.43.